The fourth-order valence-corrected chi connectivity index (χ4v) is 5.58. The molecule has 23 heavy (non-hydrogen) atoms. The van der Waals surface area contributed by atoms with Gasteiger partial charge in [0.05, 0.1) is 0 Å². The Morgan fingerprint density at radius 2 is 1.70 bits per heavy atom. The first-order chi connectivity index (χ1) is 10.7. The second kappa shape index (κ2) is 5.31. The Balaban J connectivity index is 2.28. The minimum Gasteiger partial charge on any atom is -0.298 e. The summed E-state index contributed by atoms with van der Waals surface area (Å²) in [5.41, 5.74) is 6.66. The molecule has 0 aliphatic heterocycles. The Morgan fingerprint density at radius 1 is 1.04 bits per heavy atom. The van der Waals surface area contributed by atoms with E-state index >= 15 is 0 Å². The Labute approximate surface area is 143 Å². The predicted molar refractivity (Wildman–Crippen MR) is 99.9 cm³/mol. The van der Waals surface area contributed by atoms with Gasteiger partial charge in [-0.1, -0.05) is 39.8 Å². The third-order valence-corrected chi connectivity index (χ3v) is 7.15. The van der Waals surface area contributed by atoms with Crippen LogP contribution >= 0.6 is 11.3 Å². The second-order valence-electron chi connectivity index (χ2n) is 8.22. The van der Waals surface area contributed by atoms with Crippen LogP contribution in [0.1, 0.15) is 72.5 Å². The lowest BCUT2D eigenvalue weighted by Crippen LogP contribution is -2.32. The minimum atomic E-state index is 0.236. The standard InChI is InChI=1S/C21H26OS/c1-13-7-8-15(12-22)11-16(13)18-14(2)17-19(23-18)21(5,6)10-9-20(17,3)4/h7-8,11-12H,9-10H2,1-6H3. The van der Waals surface area contributed by atoms with Gasteiger partial charge in [-0.2, -0.15) is 0 Å². The van der Waals surface area contributed by atoms with E-state index < -0.39 is 0 Å². The van der Waals surface area contributed by atoms with E-state index in [9.17, 15) is 4.79 Å². The molecular weight excluding hydrogens is 300 g/mol. The van der Waals surface area contributed by atoms with Crippen LogP contribution in [-0.4, -0.2) is 6.29 Å². The van der Waals surface area contributed by atoms with Crippen molar-refractivity contribution < 1.29 is 4.79 Å². The van der Waals surface area contributed by atoms with Crippen LogP contribution in [0.3, 0.4) is 0 Å². The number of aryl methyl sites for hydroxylation is 1. The van der Waals surface area contributed by atoms with Crippen molar-refractivity contribution >= 4 is 17.6 Å². The quantitative estimate of drug-likeness (QED) is 0.601. The Hall–Kier alpha value is -1.41. The molecule has 3 rings (SSSR count). The molecule has 1 heterocycles. The van der Waals surface area contributed by atoms with Crippen molar-refractivity contribution in [1.29, 1.82) is 0 Å². The number of aldehydes is 1. The zero-order valence-corrected chi connectivity index (χ0v) is 15.9. The summed E-state index contributed by atoms with van der Waals surface area (Å²) in [4.78, 5) is 14.1. The van der Waals surface area contributed by atoms with Gasteiger partial charge >= 0.3 is 0 Å². The maximum atomic E-state index is 11.2. The molecule has 1 nitrogen and oxygen atoms in total. The van der Waals surface area contributed by atoms with Crippen LogP contribution in [0.2, 0.25) is 0 Å². The number of hydrogen-bond acceptors (Lipinski definition) is 2. The predicted octanol–water partition coefficient (Wildman–Crippen LogP) is 6.19. The first-order valence-electron chi connectivity index (χ1n) is 8.38. The van der Waals surface area contributed by atoms with Gasteiger partial charge in [0.25, 0.3) is 0 Å². The van der Waals surface area contributed by atoms with Crippen LogP contribution < -0.4 is 0 Å². The molecule has 0 radical (unpaired) electrons. The molecule has 0 saturated carbocycles. The molecule has 0 spiro atoms. The van der Waals surface area contributed by atoms with Gasteiger partial charge < -0.3 is 0 Å². The van der Waals surface area contributed by atoms with E-state index in [1.54, 1.807) is 5.56 Å². The minimum absolute atomic E-state index is 0.236. The molecule has 2 heteroatoms. The van der Waals surface area contributed by atoms with Crippen molar-refractivity contribution in [2.75, 3.05) is 0 Å². The van der Waals surface area contributed by atoms with Crippen molar-refractivity contribution in [2.45, 2.75) is 65.2 Å². The lowest BCUT2D eigenvalue weighted by atomic mass is 9.66. The lowest BCUT2D eigenvalue weighted by Gasteiger charge is -2.39. The molecule has 1 aromatic heterocycles. The number of fused-ring (bicyclic) bond motifs is 1. The Bertz CT molecular complexity index is 777. The largest absolute Gasteiger partial charge is 0.298 e. The van der Waals surface area contributed by atoms with Gasteiger partial charge in [0.1, 0.15) is 6.29 Å². The summed E-state index contributed by atoms with van der Waals surface area (Å²) in [5.74, 6) is 0. The van der Waals surface area contributed by atoms with Crippen molar-refractivity contribution in [3.63, 3.8) is 0 Å². The number of hydrogen-bond donors (Lipinski definition) is 0. The number of carbonyl (C=O) groups is 1. The molecule has 1 aromatic carbocycles. The SMILES string of the molecule is Cc1ccc(C=O)cc1-c1sc2c(c1C)C(C)(C)CCC2(C)C. The first-order valence-corrected chi connectivity index (χ1v) is 9.19. The molecule has 0 bridgehead atoms. The van der Waals surface area contributed by atoms with Gasteiger partial charge in [-0.05, 0) is 65.8 Å². The normalized spacial score (nSPS) is 18.5. The molecule has 0 atom stereocenters. The van der Waals surface area contributed by atoms with Gasteiger partial charge in [-0.25, -0.2) is 0 Å². The zero-order valence-electron chi connectivity index (χ0n) is 15.0. The molecule has 0 saturated heterocycles. The monoisotopic (exact) mass is 326 g/mol. The molecule has 122 valence electrons. The number of benzene rings is 1. The van der Waals surface area contributed by atoms with E-state index in [1.807, 2.05) is 23.5 Å². The highest BCUT2D eigenvalue weighted by atomic mass is 32.1. The molecule has 2 aromatic rings. The third-order valence-electron chi connectivity index (χ3n) is 5.46. The van der Waals surface area contributed by atoms with Crippen molar-refractivity contribution in [3.05, 3.63) is 45.3 Å². The van der Waals surface area contributed by atoms with Gasteiger partial charge in [0, 0.05) is 15.3 Å². The summed E-state index contributed by atoms with van der Waals surface area (Å²) in [6, 6.07) is 6.02. The number of thiophene rings is 1. The van der Waals surface area contributed by atoms with Crippen LogP contribution in [0, 0.1) is 13.8 Å². The molecule has 0 fully saturated rings. The third kappa shape index (κ3) is 2.57. The molecule has 0 amide bonds. The van der Waals surface area contributed by atoms with Gasteiger partial charge in [0.15, 0.2) is 0 Å². The highest BCUT2D eigenvalue weighted by Crippen LogP contribution is 2.53. The fourth-order valence-electron chi connectivity index (χ4n) is 3.88. The Kier molecular flexibility index (Phi) is 3.79. The fraction of sp³-hybridized carbons (Fsp3) is 0.476. The summed E-state index contributed by atoms with van der Waals surface area (Å²) in [6.07, 6.45) is 3.41. The van der Waals surface area contributed by atoms with Crippen LogP contribution in [0.15, 0.2) is 18.2 Å². The topological polar surface area (TPSA) is 17.1 Å². The van der Waals surface area contributed by atoms with Crippen LogP contribution in [0.5, 0.6) is 0 Å². The molecule has 1 aliphatic carbocycles. The molecular formula is C21H26OS. The van der Waals surface area contributed by atoms with Crippen LogP contribution in [0.25, 0.3) is 10.4 Å². The first kappa shape index (κ1) is 16.4. The van der Waals surface area contributed by atoms with Crippen molar-refractivity contribution in [1.82, 2.24) is 0 Å². The average Bonchev–Trinajstić information content (AvgIpc) is 2.84. The smallest absolute Gasteiger partial charge is 0.150 e. The van der Waals surface area contributed by atoms with Gasteiger partial charge in [-0.15, -0.1) is 11.3 Å². The summed E-state index contributed by atoms with van der Waals surface area (Å²) in [5, 5.41) is 0. The van der Waals surface area contributed by atoms with E-state index in [2.05, 4.69) is 47.6 Å². The van der Waals surface area contributed by atoms with E-state index in [1.165, 1.54) is 39.3 Å². The van der Waals surface area contributed by atoms with Gasteiger partial charge in [-0.3, -0.25) is 4.79 Å². The second-order valence-corrected chi connectivity index (χ2v) is 9.24. The summed E-state index contributed by atoms with van der Waals surface area (Å²) >= 11 is 1.94. The maximum Gasteiger partial charge on any atom is 0.150 e. The van der Waals surface area contributed by atoms with Gasteiger partial charge in [0.2, 0.25) is 0 Å². The van der Waals surface area contributed by atoms with E-state index in [4.69, 9.17) is 0 Å². The number of rotatable bonds is 2. The molecule has 0 unspecified atom stereocenters. The average molecular weight is 327 g/mol. The molecule has 0 N–H and O–H groups in total. The number of carbonyl (C=O) groups excluding carboxylic acids is 1. The maximum absolute atomic E-state index is 11.2. The van der Waals surface area contributed by atoms with Crippen LogP contribution in [-0.2, 0) is 10.8 Å². The molecule has 1 aliphatic rings. The summed E-state index contributed by atoms with van der Waals surface area (Å²) in [6.45, 7) is 13.9. The summed E-state index contributed by atoms with van der Waals surface area (Å²) < 4.78 is 0. The lowest BCUT2D eigenvalue weighted by molar-refractivity contribution is 0.112. The zero-order chi connectivity index (χ0) is 17.0. The van der Waals surface area contributed by atoms with Crippen LogP contribution in [0.4, 0.5) is 0 Å². The van der Waals surface area contributed by atoms with E-state index in [0.717, 1.165) is 11.8 Å². The van der Waals surface area contributed by atoms with Crippen molar-refractivity contribution in [3.8, 4) is 10.4 Å². The highest BCUT2D eigenvalue weighted by molar-refractivity contribution is 7.16. The highest BCUT2D eigenvalue weighted by Gasteiger charge is 2.40. The van der Waals surface area contributed by atoms with E-state index in [-0.39, 0.29) is 10.8 Å². The Morgan fingerprint density at radius 3 is 2.30 bits per heavy atom. The van der Waals surface area contributed by atoms with E-state index in [0.29, 0.717) is 0 Å². The summed E-state index contributed by atoms with van der Waals surface area (Å²) in [7, 11) is 0. The van der Waals surface area contributed by atoms with Crippen molar-refractivity contribution in [2.24, 2.45) is 0 Å².